The van der Waals surface area contributed by atoms with Crippen molar-refractivity contribution in [2.75, 3.05) is 21.3 Å². The van der Waals surface area contributed by atoms with Crippen LogP contribution < -0.4 is 24.5 Å². The molecule has 146 valence electrons. The molecule has 0 aliphatic heterocycles. The molecule has 27 heavy (non-hydrogen) atoms. The van der Waals surface area contributed by atoms with Crippen LogP contribution >= 0.6 is 0 Å². The van der Waals surface area contributed by atoms with Gasteiger partial charge in [-0.1, -0.05) is 12.1 Å². The van der Waals surface area contributed by atoms with Gasteiger partial charge < -0.3 is 14.2 Å². The van der Waals surface area contributed by atoms with E-state index in [1.54, 1.807) is 19.9 Å². The standard InChI is InChI=1S/C18H22N2O6S/c1-11-6-7-12(2)16(8-11)27(22,23)20-19-18(21)13-9-14(24-3)17(26-5)15(10-13)25-4/h6-10,20H,1-5H3,(H,19,21). The zero-order valence-corrected chi connectivity index (χ0v) is 16.6. The highest BCUT2D eigenvalue weighted by atomic mass is 32.2. The van der Waals surface area contributed by atoms with Crippen LogP contribution in [-0.4, -0.2) is 35.7 Å². The Labute approximate surface area is 158 Å². The summed E-state index contributed by atoms with van der Waals surface area (Å²) in [6, 6.07) is 7.88. The highest BCUT2D eigenvalue weighted by Gasteiger charge is 2.20. The summed E-state index contributed by atoms with van der Waals surface area (Å²) in [5.74, 6) is 0.203. The molecule has 0 radical (unpaired) electrons. The largest absolute Gasteiger partial charge is 0.493 e. The molecule has 0 saturated carbocycles. The van der Waals surface area contributed by atoms with Gasteiger partial charge in [0, 0.05) is 5.56 Å². The van der Waals surface area contributed by atoms with Gasteiger partial charge in [0.05, 0.1) is 26.2 Å². The molecule has 0 bridgehead atoms. The van der Waals surface area contributed by atoms with Crippen molar-refractivity contribution >= 4 is 15.9 Å². The average molecular weight is 394 g/mol. The zero-order chi connectivity index (χ0) is 20.2. The van der Waals surface area contributed by atoms with E-state index in [1.807, 2.05) is 6.07 Å². The number of sulfonamides is 1. The smallest absolute Gasteiger partial charge is 0.266 e. The Hall–Kier alpha value is -2.78. The lowest BCUT2D eigenvalue weighted by Crippen LogP contribution is -2.41. The van der Waals surface area contributed by atoms with Crippen molar-refractivity contribution in [3.8, 4) is 17.2 Å². The molecule has 0 atom stereocenters. The molecular weight excluding hydrogens is 372 g/mol. The molecule has 0 aliphatic rings. The summed E-state index contributed by atoms with van der Waals surface area (Å²) in [5.41, 5.74) is 3.68. The molecule has 0 fully saturated rings. The van der Waals surface area contributed by atoms with Crippen molar-refractivity contribution in [3.05, 3.63) is 47.0 Å². The van der Waals surface area contributed by atoms with E-state index < -0.39 is 15.9 Å². The van der Waals surface area contributed by atoms with E-state index in [1.165, 1.54) is 39.5 Å². The minimum absolute atomic E-state index is 0.0905. The number of ether oxygens (including phenoxy) is 3. The number of carbonyl (C=O) groups is 1. The Kier molecular flexibility index (Phi) is 6.29. The van der Waals surface area contributed by atoms with Crippen LogP contribution in [0.15, 0.2) is 35.2 Å². The molecule has 0 heterocycles. The fraction of sp³-hybridized carbons (Fsp3) is 0.278. The van der Waals surface area contributed by atoms with Gasteiger partial charge in [0.1, 0.15) is 0 Å². The van der Waals surface area contributed by atoms with Crippen LogP contribution in [-0.2, 0) is 10.0 Å². The Bertz CT molecular complexity index is 931. The first kappa shape index (κ1) is 20.5. The predicted octanol–water partition coefficient (Wildman–Crippen LogP) is 1.95. The van der Waals surface area contributed by atoms with Gasteiger partial charge in [0.25, 0.3) is 15.9 Å². The van der Waals surface area contributed by atoms with E-state index in [0.717, 1.165) is 5.56 Å². The number of methoxy groups -OCH3 is 3. The Morgan fingerprint density at radius 3 is 2.04 bits per heavy atom. The number of hydrogen-bond donors (Lipinski definition) is 2. The van der Waals surface area contributed by atoms with Crippen LogP contribution in [0.1, 0.15) is 21.5 Å². The maximum atomic E-state index is 12.5. The third kappa shape index (κ3) is 4.50. The molecule has 2 aromatic rings. The summed E-state index contributed by atoms with van der Waals surface area (Å²) in [6.45, 7) is 3.46. The summed E-state index contributed by atoms with van der Waals surface area (Å²) in [6.07, 6.45) is 0. The zero-order valence-electron chi connectivity index (χ0n) is 15.7. The fourth-order valence-electron chi connectivity index (χ4n) is 2.45. The van der Waals surface area contributed by atoms with Crippen molar-refractivity contribution in [2.45, 2.75) is 18.7 Å². The van der Waals surface area contributed by atoms with Crippen LogP contribution in [0.5, 0.6) is 17.2 Å². The molecule has 2 aromatic carbocycles. The van der Waals surface area contributed by atoms with Gasteiger partial charge in [0.2, 0.25) is 5.75 Å². The lowest BCUT2D eigenvalue weighted by Gasteiger charge is -2.15. The molecule has 0 saturated heterocycles. The summed E-state index contributed by atoms with van der Waals surface area (Å²) in [4.78, 5) is 14.6. The molecule has 2 rings (SSSR count). The van der Waals surface area contributed by atoms with Gasteiger partial charge >= 0.3 is 0 Å². The maximum Gasteiger partial charge on any atom is 0.266 e. The first-order valence-corrected chi connectivity index (χ1v) is 9.41. The Balaban J connectivity index is 2.26. The van der Waals surface area contributed by atoms with Crippen molar-refractivity contribution in [2.24, 2.45) is 0 Å². The summed E-state index contributed by atoms with van der Waals surface area (Å²) in [7, 11) is 0.351. The van der Waals surface area contributed by atoms with E-state index in [-0.39, 0.29) is 22.0 Å². The van der Waals surface area contributed by atoms with Crippen LogP contribution in [0.3, 0.4) is 0 Å². The van der Waals surface area contributed by atoms with Crippen molar-refractivity contribution in [1.29, 1.82) is 0 Å². The maximum absolute atomic E-state index is 12.5. The molecule has 9 heteroatoms. The van der Waals surface area contributed by atoms with Gasteiger partial charge in [0.15, 0.2) is 11.5 Å². The second-order valence-corrected chi connectivity index (χ2v) is 7.39. The number of rotatable bonds is 7. The van der Waals surface area contributed by atoms with Gasteiger partial charge in [-0.15, -0.1) is 4.83 Å². The highest BCUT2D eigenvalue weighted by molar-refractivity contribution is 7.89. The third-order valence-corrected chi connectivity index (χ3v) is 5.25. The SMILES string of the molecule is COc1cc(C(=O)NNS(=O)(=O)c2cc(C)ccc2C)cc(OC)c1OC. The van der Waals surface area contributed by atoms with E-state index in [0.29, 0.717) is 11.3 Å². The van der Waals surface area contributed by atoms with Gasteiger partial charge in [-0.2, -0.15) is 0 Å². The normalized spacial score (nSPS) is 11.0. The molecule has 8 nitrogen and oxygen atoms in total. The molecule has 0 unspecified atom stereocenters. The second-order valence-electron chi connectivity index (χ2n) is 5.74. The Morgan fingerprint density at radius 2 is 1.52 bits per heavy atom. The monoisotopic (exact) mass is 394 g/mol. The first-order valence-electron chi connectivity index (χ1n) is 7.93. The minimum atomic E-state index is -3.93. The topological polar surface area (TPSA) is 103 Å². The Morgan fingerprint density at radius 1 is 0.926 bits per heavy atom. The highest BCUT2D eigenvalue weighted by Crippen LogP contribution is 2.38. The molecule has 2 N–H and O–H groups in total. The molecule has 0 aromatic heterocycles. The lowest BCUT2D eigenvalue weighted by molar-refractivity contribution is 0.0944. The van der Waals surface area contributed by atoms with Gasteiger partial charge in [-0.25, -0.2) is 8.42 Å². The molecule has 0 aliphatic carbocycles. The second kappa shape index (κ2) is 8.28. The number of nitrogens with one attached hydrogen (secondary N) is 2. The number of amides is 1. The number of hydrazine groups is 1. The van der Waals surface area contributed by atoms with E-state index >= 15 is 0 Å². The number of hydrogen-bond acceptors (Lipinski definition) is 6. The van der Waals surface area contributed by atoms with E-state index in [4.69, 9.17) is 14.2 Å². The quantitative estimate of drug-likeness (QED) is 0.696. The average Bonchev–Trinajstić information content (AvgIpc) is 2.66. The number of benzene rings is 2. The summed E-state index contributed by atoms with van der Waals surface area (Å²) in [5, 5.41) is 0. The van der Waals surface area contributed by atoms with E-state index in [9.17, 15) is 13.2 Å². The van der Waals surface area contributed by atoms with E-state index in [2.05, 4.69) is 10.3 Å². The van der Waals surface area contributed by atoms with Crippen LogP contribution in [0.2, 0.25) is 0 Å². The molecular formula is C18H22N2O6S. The minimum Gasteiger partial charge on any atom is -0.493 e. The van der Waals surface area contributed by atoms with Crippen molar-refractivity contribution in [3.63, 3.8) is 0 Å². The van der Waals surface area contributed by atoms with Crippen molar-refractivity contribution < 1.29 is 27.4 Å². The molecule has 0 spiro atoms. The van der Waals surface area contributed by atoms with Crippen LogP contribution in [0.25, 0.3) is 0 Å². The third-order valence-electron chi connectivity index (χ3n) is 3.86. The number of aryl methyl sites for hydroxylation is 2. The first-order chi connectivity index (χ1) is 12.7. The predicted molar refractivity (Wildman–Crippen MR) is 99.8 cm³/mol. The summed E-state index contributed by atoms with van der Waals surface area (Å²) >= 11 is 0. The fourth-order valence-corrected chi connectivity index (χ4v) is 3.62. The summed E-state index contributed by atoms with van der Waals surface area (Å²) < 4.78 is 40.6. The van der Waals surface area contributed by atoms with Gasteiger partial charge in [-0.3, -0.25) is 10.2 Å². The van der Waals surface area contributed by atoms with Gasteiger partial charge in [-0.05, 0) is 43.2 Å². The molecule has 1 amide bonds. The van der Waals surface area contributed by atoms with Crippen molar-refractivity contribution in [1.82, 2.24) is 10.3 Å². The van der Waals surface area contributed by atoms with Crippen LogP contribution in [0.4, 0.5) is 0 Å². The number of carbonyl (C=O) groups excluding carboxylic acids is 1. The van der Waals surface area contributed by atoms with Crippen LogP contribution in [0, 0.1) is 13.8 Å². The lowest BCUT2D eigenvalue weighted by atomic mass is 10.1.